The van der Waals surface area contributed by atoms with Gasteiger partial charge in [0.05, 0.1) is 29.5 Å². The van der Waals surface area contributed by atoms with E-state index in [1.165, 1.54) is 37.5 Å². The number of aryl methyl sites for hydroxylation is 2. The first-order valence-corrected chi connectivity index (χ1v) is 9.95. The van der Waals surface area contributed by atoms with E-state index in [0.29, 0.717) is 16.6 Å². The highest BCUT2D eigenvalue weighted by Crippen LogP contribution is 2.34. The van der Waals surface area contributed by atoms with Gasteiger partial charge in [-0.25, -0.2) is 4.98 Å². The molecule has 0 radical (unpaired) electrons. The van der Waals surface area contributed by atoms with E-state index in [9.17, 15) is 14.9 Å². The molecule has 9 heteroatoms. The van der Waals surface area contributed by atoms with Crippen molar-refractivity contribution in [2.75, 3.05) is 12.0 Å². The second-order valence-electron chi connectivity index (χ2n) is 6.65. The van der Waals surface area contributed by atoms with Gasteiger partial charge in [-0.2, -0.15) is 0 Å². The molecule has 3 rings (SSSR count). The third-order valence-electron chi connectivity index (χ3n) is 4.38. The summed E-state index contributed by atoms with van der Waals surface area (Å²) in [6, 6.07) is 10.2. The molecule has 0 saturated carbocycles. The minimum absolute atomic E-state index is 0.0301. The highest BCUT2D eigenvalue weighted by molar-refractivity contribution is 7.14. The molecule has 0 bridgehead atoms. The summed E-state index contributed by atoms with van der Waals surface area (Å²) >= 11 is 1.31. The number of methoxy groups -OCH3 is 1. The third-order valence-corrected chi connectivity index (χ3v) is 5.25. The van der Waals surface area contributed by atoms with Crippen LogP contribution >= 0.6 is 11.3 Å². The van der Waals surface area contributed by atoms with Crippen molar-refractivity contribution < 1.29 is 19.2 Å². The first kappa shape index (κ1) is 21.3. The third kappa shape index (κ3) is 4.57. The van der Waals surface area contributed by atoms with E-state index in [4.69, 9.17) is 9.47 Å². The summed E-state index contributed by atoms with van der Waals surface area (Å²) in [5, 5.41) is 13.6. The van der Waals surface area contributed by atoms with E-state index in [1.807, 2.05) is 32.0 Å². The maximum atomic E-state index is 12.3. The molecule has 8 nitrogen and oxygen atoms in total. The number of amides is 1. The van der Waals surface area contributed by atoms with Gasteiger partial charge >= 0.3 is 5.69 Å². The first-order chi connectivity index (χ1) is 14.3. The normalized spacial score (nSPS) is 10.5. The van der Waals surface area contributed by atoms with Crippen LogP contribution in [0.15, 0.2) is 41.8 Å². The second-order valence-corrected chi connectivity index (χ2v) is 7.48. The van der Waals surface area contributed by atoms with Crippen LogP contribution in [0.25, 0.3) is 0 Å². The Morgan fingerprint density at radius 1 is 1.23 bits per heavy atom. The number of anilines is 2. The highest BCUT2D eigenvalue weighted by atomic mass is 32.1. The van der Waals surface area contributed by atoms with Crippen LogP contribution in [0.5, 0.6) is 11.5 Å². The van der Waals surface area contributed by atoms with Crippen LogP contribution in [0, 0.1) is 24.0 Å². The number of thiazole rings is 1. The lowest BCUT2D eigenvalue weighted by Gasteiger charge is -2.20. The minimum atomic E-state index is -0.526. The Labute approximate surface area is 177 Å². The highest BCUT2D eigenvalue weighted by Gasteiger charge is 2.21. The Morgan fingerprint density at radius 3 is 2.63 bits per heavy atom. The number of aromatic nitrogens is 1. The summed E-state index contributed by atoms with van der Waals surface area (Å²) in [6.07, 6.45) is 0. The molecule has 0 atom stereocenters. The van der Waals surface area contributed by atoms with Gasteiger partial charge in [0.2, 0.25) is 5.91 Å². The number of carbonyl (C=O) groups is 1. The number of carbonyl (C=O) groups excluding carboxylic acids is 1. The number of ether oxygens (including phenoxy) is 2. The zero-order chi connectivity index (χ0) is 21.8. The van der Waals surface area contributed by atoms with Crippen LogP contribution in [0.4, 0.5) is 16.5 Å². The number of nitro groups is 1. The molecule has 0 aliphatic rings. The summed E-state index contributed by atoms with van der Waals surface area (Å²) in [7, 11) is 1.44. The van der Waals surface area contributed by atoms with Gasteiger partial charge in [0, 0.05) is 12.3 Å². The predicted octanol–water partition coefficient (Wildman–Crippen LogP) is 4.94. The molecular weight excluding hydrogens is 406 g/mol. The van der Waals surface area contributed by atoms with Crippen molar-refractivity contribution in [2.45, 2.75) is 27.4 Å². The van der Waals surface area contributed by atoms with Crippen LogP contribution in [0.3, 0.4) is 0 Å². The van der Waals surface area contributed by atoms with Crippen LogP contribution in [-0.4, -0.2) is 22.9 Å². The van der Waals surface area contributed by atoms with Crippen LogP contribution < -0.4 is 14.4 Å². The fourth-order valence-electron chi connectivity index (χ4n) is 2.97. The Hall–Kier alpha value is -3.46. The quantitative estimate of drug-likeness (QED) is 0.391. The molecule has 0 saturated heterocycles. The molecule has 0 aliphatic carbocycles. The lowest BCUT2D eigenvalue weighted by molar-refractivity contribution is -0.386. The van der Waals surface area contributed by atoms with Crippen molar-refractivity contribution in [1.82, 2.24) is 4.98 Å². The van der Waals surface area contributed by atoms with E-state index < -0.39 is 4.92 Å². The number of rotatable bonds is 7. The molecule has 0 fully saturated rings. The average Bonchev–Trinajstić information content (AvgIpc) is 3.16. The van der Waals surface area contributed by atoms with Crippen molar-refractivity contribution in [3.05, 3.63) is 68.7 Å². The summed E-state index contributed by atoms with van der Waals surface area (Å²) in [5.41, 5.74) is 3.21. The van der Waals surface area contributed by atoms with Crippen LogP contribution in [-0.2, 0) is 11.4 Å². The van der Waals surface area contributed by atoms with E-state index in [2.05, 4.69) is 4.98 Å². The average molecular weight is 427 g/mol. The molecule has 1 amide bonds. The topological polar surface area (TPSA) is 94.8 Å². The van der Waals surface area contributed by atoms with Gasteiger partial charge in [-0.15, -0.1) is 11.3 Å². The van der Waals surface area contributed by atoms with Crippen molar-refractivity contribution in [3.8, 4) is 11.5 Å². The molecular formula is C21H21N3O5S. The van der Waals surface area contributed by atoms with Crippen molar-refractivity contribution in [3.63, 3.8) is 0 Å². The van der Waals surface area contributed by atoms with Gasteiger partial charge in [-0.1, -0.05) is 17.7 Å². The number of hydrogen-bond acceptors (Lipinski definition) is 7. The van der Waals surface area contributed by atoms with E-state index in [-0.39, 0.29) is 24.0 Å². The SMILES string of the molecule is COc1ccc(OCc2csc(N(C(C)=O)c3ccc(C)cc3C)n2)c([N+](=O)[O-])c1. The van der Waals surface area contributed by atoms with Crippen molar-refractivity contribution >= 4 is 33.8 Å². The number of benzene rings is 2. The lowest BCUT2D eigenvalue weighted by atomic mass is 10.1. The van der Waals surface area contributed by atoms with Gasteiger partial charge in [0.15, 0.2) is 10.9 Å². The minimum Gasteiger partial charge on any atom is -0.496 e. The Kier molecular flexibility index (Phi) is 6.31. The number of hydrogen-bond donors (Lipinski definition) is 0. The summed E-state index contributed by atoms with van der Waals surface area (Å²) in [5.74, 6) is 0.332. The standard InChI is InChI=1S/C21H21N3O5S/c1-13-5-7-18(14(2)9-13)23(15(3)25)21-22-16(12-30-21)11-29-20-8-6-17(28-4)10-19(20)24(26)27/h5-10,12H,11H2,1-4H3. The van der Waals surface area contributed by atoms with Gasteiger partial charge in [-0.05, 0) is 37.6 Å². The molecule has 0 N–H and O–H groups in total. The molecule has 30 heavy (non-hydrogen) atoms. The van der Waals surface area contributed by atoms with E-state index in [1.54, 1.807) is 16.3 Å². The van der Waals surface area contributed by atoms with Crippen LogP contribution in [0.2, 0.25) is 0 Å². The van der Waals surface area contributed by atoms with Gasteiger partial charge in [-0.3, -0.25) is 19.8 Å². The molecule has 1 aromatic heterocycles. The number of nitro benzene ring substituents is 1. The van der Waals surface area contributed by atoms with Crippen LogP contribution in [0.1, 0.15) is 23.7 Å². The zero-order valence-electron chi connectivity index (χ0n) is 17.0. The first-order valence-electron chi connectivity index (χ1n) is 9.07. The molecule has 0 spiro atoms. The van der Waals surface area contributed by atoms with Gasteiger partial charge in [0.25, 0.3) is 0 Å². The molecule has 156 valence electrons. The fraction of sp³-hybridized carbons (Fsp3) is 0.238. The molecule has 3 aromatic rings. The number of nitrogens with zero attached hydrogens (tertiary/aromatic N) is 3. The summed E-state index contributed by atoms with van der Waals surface area (Å²) < 4.78 is 10.7. The molecule has 0 aliphatic heterocycles. The van der Waals surface area contributed by atoms with E-state index >= 15 is 0 Å². The Balaban J connectivity index is 1.82. The van der Waals surface area contributed by atoms with Gasteiger partial charge < -0.3 is 9.47 Å². The lowest BCUT2D eigenvalue weighted by Crippen LogP contribution is -2.23. The summed E-state index contributed by atoms with van der Waals surface area (Å²) in [4.78, 5) is 29.1. The van der Waals surface area contributed by atoms with Crippen molar-refractivity contribution in [2.24, 2.45) is 0 Å². The fourth-order valence-corrected chi connectivity index (χ4v) is 3.83. The molecule has 1 heterocycles. The molecule has 0 unspecified atom stereocenters. The molecule has 2 aromatic carbocycles. The van der Waals surface area contributed by atoms with Crippen molar-refractivity contribution in [1.29, 1.82) is 0 Å². The maximum absolute atomic E-state index is 12.3. The largest absolute Gasteiger partial charge is 0.496 e. The monoisotopic (exact) mass is 427 g/mol. The van der Waals surface area contributed by atoms with Gasteiger partial charge in [0.1, 0.15) is 12.4 Å². The zero-order valence-corrected chi connectivity index (χ0v) is 17.9. The van der Waals surface area contributed by atoms with E-state index in [0.717, 1.165) is 16.8 Å². The second kappa shape index (κ2) is 8.91. The maximum Gasteiger partial charge on any atom is 0.314 e. The smallest absolute Gasteiger partial charge is 0.314 e. The Morgan fingerprint density at radius 2 is 2.00 bits per heavy atom. The summed E-state index contributed by atoms with van der Waals surface area (Å²) in [6.45, 7) is 5.45. The predicted molar refractivity (Wildman–Crippen MR) is 115 cm³/mol. The Bertz CT molecular complexity index is 1100.